The number of anilines is 2. The predicted octanol–water partition coefficient (Wildman–Crippen LogP) is 1.84. The van der Waals surface area contributed by atoms with Crippen LogP contribution in [0.25, 0.3) is 22.3 Å². The van der Waals surface area contributed by atoms with Crippen molar-refractivity contribution in [3.8, 4) is 17.0 Å². The zero-order chi connectivity index (χ0) is 23.3. The number of sulfonamides is 1. The summed E-state index contributed by atoms with van der Waals surface area (Å²) < 4.78 is 79.6. The van der Waals surface area contributed by atoms with Crippen LogP contribution in [0.1, 0.15) is 5.56 Å². The highest BCUT2D eigenvalue weighted by Gasteiger charge is 2.40. The van der Waals surface area contributed by atoms with Crippen LogP contribution < -0.4 is 16.2 Å². The van der Waals surface area contributed by atoms with Crippen molar-refractivity contribution < 1.29 is 31.1 Å². The number of morpholine rings is 1. The van der Waals surface area contributed by atoms with Gasteiger partial charge in [0.05, 0.1) is 41.9 Å². The molecule has 0 atom stereocenters. The molecular formula is C18H19F3N6O4S. The van der Waals surface area contributed by atoms with Gasteiger partial charge in [-0.3, -0.25) is 0 Å². The second-order valence-electron chi connectivity index (χ2n) is 6.94. The van der Waals surface area contributed by atoms with E-state index in [-0.39, 0.29) is 54.1 Å². The van der Waals surface area contributed by atoms with Crippen molar-refractivity contribution >= 4 is 32.8 Å². The van der Waals surface area contributed by atoms with E-state index in [1.54, 1.807) is 0 Å². The number of methoxy groups -OCH3 is 1. The average Bonchev–Trinajstić information content (AvgIpc) is 3.14. The molecule has 172 valence electrons. The number of benzene rings is 1. The Morgan fingerprint density at radius 3 is 2.50 bits per heavy atom. The lowest BCUT2D eigenvalue weighted by Gasteiger charge is -2.26. The molecule has 0 aliphatic carbocycles. The summed E-state index contributed by atoms with van der Waals surface area (Å²) in [5.74, 6) is -0.820. The zero-order valence-corrected chi connectivity index (χ0v) is 17.5. The highest BCUT2D eigenvalue weighted by atomic mass is 32.2. The fourth-order valence-electron chi connectivity index (χ4n) is 3.60. The summed E-state index contributed by atoms with van der Waals surface area (Å²) in [6, 6.07) is 3.63. The van der Waals surface area contributed by atoms with Gasteiger partial charge in [0.25, 0.3) is 0 Å². The Kier molecular flexibility index (Phi) is 5.38. The van der Waals surface area contributed by atoms with Gasteiger partial charge in [-0.1, -0.05) is 0 Å². The second-order valence-corrected chi connectivity index (χ2v) is 8.88. The summed E-state index contributed by atoms with van der Waals surface area (Å²) in [4.78, 5) is 9.89. The molecule has 4 rings (SSSR count). The van der Waals surface area contributed by atoms with Gasteiger partial charge in [0.2, 0.25) is 16.0 Å². The SMILES string of the molecule is COc1cc(S(=O)(=O)N2CCOCC2)ccc1-c1[nH]c2nc(N)nc(N)c2c1C(F)(F)F. The van der Waals surface area contributed by atoms with Crippen molar-refractivity contribution in [3.63, 3.8) is 0 Å². The Morgan fingerprint density at radius 1 is 1.19 bits per heavy atom. The molecule has 0 saturated carbocycles. The smallest absolute Gasteiger partial charge is 0.419 e. The number of fused-ring (bicyclic) bond motifs is 1. The third-order valence-electron chi connectivity index (χ3n) is 5.03. The minimum atomic E-state index is -4.83. The van der Waals surface area contributed by atoms with Crippen LogP contribution in [0.3, 0.4) is 0 Å². The number of rotatable bonds is 4. The molecule has 1 aliphatic heterocycles. The third kappa shape index (κ3) is 3.69. The van der Waals surface area contributed by atoms with E-state index in [1.165, 1.54) is 29.6 Å². The first kappa shape index (κ1) is 22.1. The third-order valence-corrected chi connectivity index (χ3v) is 6.93. The molecule has 2 aromatic heterocycles. The van der Waals surface area contributed by atoms with E-state index in [0.717, 1.165) is 0 Å². The first-order valence-corrected chi connectivity index (χ1v) is 10.8. The molecule has 1 saturated heterocycles. The van der Waals surface area contributed by atoms with Gasteiger partial charge >= 0.3 is 6.18 Å². The molecule has 0 unspecified atom stereocenters. The second kappa shape index (κ2) is 7.79. The molecule has 3 aromatic rings. The molecule has 1 aliphatic rings. The van der Waals surface area contributed by atoms with Crippen LogP contribution in [-0.4, -0.2) is 61.1 Å². The molecule has 0 amide bonds. The lowest BCUT2D eigenvalue weighted by molar-refractivity contribution is -0.135. The molecule has 0 bridgehead atoms. The molecule has 5 N–H and O–H groups in total. The number of nitrogens with one attached hydrogen (secondary N) is 1. The van der Waals surface area contributed by atoms with Crippen molar-refractivity contribution in [2.24, 2.45) is 0 Å². The predicted molar refractivity (Wildman–Crippen MR) is 109 cm³/mol. The van der Waals surface area contributed by atoms with E-state index in [0.29, 0.717) is 0 Å². The fourth-order valence-corrected chi connectivity index (χ4v) is 5.02. The minimum absolute atomic E-state index is 0.0308. The van der Waals surface area contributed by atoms with Crippen LogP contribution in [0, 0.1) is 0 Å². The molecule has 1 fully saturated rings. The van der Waals surface area contributed by atoms with Crippen LogP contribution >= 0.6 is 0 Å². The summed E-state index contributed by atoms with van der Waals surface area (Å²) in [5.41, 5.74) is 9.48. The largest absolute Gasteiger partial charge is 0.496 e. The van der Waals surface area contributed by atoms with Crippen molar-refractivity contribution in [1.29, 1.82) is 0 Å². The van der Waals surface area contributed by atoms with Gasteiger partial charge in [-0.15, -0.1) is 0 Å². The number of nitrogens with zero attached hydrogens (tertiary/aromatic N) is 3. The van der Waals surface area contributed by atoms with Gasteiger partial charge in [-0.2, -0.15) is 27.4 Å². The maximum atomic E-state index is 14.0. The number of aromatic amines is 1. The van der Waals surface area contributed by atoms with Gasteiger partial charge in [0.1, 0.15) is 17.2 Å². The zero-order valence-electron chi connectivity index (χ0n) is 16.7. The van der Waals surface area contributed by atoms with Gasteiger partial charge in [0.15, 0.2) is 0 Å². The Labute approximate surface area is 180 Å². The summed E-state index contributed by atoms with van der Waals surface area (Å²) in [5, 5.41) is -0.436. The quantitative estimate of drug-likeness (QED) is 0.521. The molecule has 10 nitrogen and oxygen atoms in total. The van der Waals surface area contributed by atoms with Crippen LogP contribution in [0.5, 0.6) is 5.75 Å². The molecule has 0 spiro atoms. The number of nitrogen functional groups attached to an aromatic ring is 2. The molecule has 3 heterocycles. The summed E-state index contributed by atoms with van der Waals surface area (Å²) in [6.07, 6.45) is -4.83. The van der Waals surface area contributed by atoms with Gasteiger partial charge in [0, 0.05) is 24.7 Å². The van der Waals surface area contributed by atoms with E-state index in [1.807, 2.05) is 0 Å². The Morgan fingerprint density at radius 2 is 1.88 bits per heavy atom. The van der Waals surface area contributed by atoms with Crippen molar-refractivity contribution in [3.05, 3.63) is 23.8 Å². The summed E-state index contributed by atoms with van der Waals surface area (Å²) >= 11 is 0. The van der Waals surface area contributed by atoms with E-state index in [4.69, 9.17) is 20.9 Å². The maximum absolute atomic E-state index is 14.0. The lowest BCUT2D eigenvalue weighted by atomic mass is 10.0. The number of aromatic nitrogens is 3. The molecular weight excluding hydrogens is 453 g/mol. The average molecular weight is 472 g/mol. The van der Waals surface area contributed by atoms with Crippen LogP contribution in [0.15, 0.2) is 23.1 Å². The van der Waals surface area contributed by atoms with Crippen molar-refractivity contribution in [2.75, 3.05) is 44.9 Å². The number of hydrogen-bond acceptors (Lipinski definition) is 8. The van der Waals surface area contributed by atoms with Gasteiger partial charge in [-0.25, -0.2) is 8.42 Å². The van der Waals surface area contributed by atoms with Crippen LogP contribution in [-0.2, 0) is 20.9 Å². The molecule has 1 aromatic carbocycles. The number of hydrogen-bond donors (Lipinski definition) is 3. The highest BCUT2D eigenvalue weighted by Crippen LogP contribution is 2.45. The number of ether oxygens (including phenoxy) is 2. The monoisotopic (exact) mass is 472 g/mol. The number of alkyl halides is 3. The molecule has 14 heteroatoms. The first-order valence-electron chi connectivity index (χ1n) is 9.32. The van der Waals surface area contributed by atoms with Gasteiger partial charge < -0.3 is 25.9 Å². The highest BCUT2D eigenvalue weighted by molar-refractivity contribution is 7.89. The topological polar surface area (TPSA) is 149 Å². The Hall–Kier alpha value is -3.10. The van der Waals surface area contributed by atoms with E-state index < -0.39 is 38.7 Å². The van der Waals surface area contributed by atoms with E-state index in [9.17, 15) is 21.6 Å². The van der Waals surface area contributed by atoms with E-state index in [2.05, 4.69) is 15.0 Å². The maximum Gasteiger partial charge on any atom is 0.419 e. The first-order chi connectivity index (χ1) is 15.0. The number of halogens is 3. The minimum Gasteiger partial charge on any atom is -0.496 e. The lowest BCUT2D eigenvalue weighted by Crippen LogP contribution is -2.40. The Bertz CT molecular complexity index is 1290. The fraction of sp³-hybridized carbons (Fsp3) is 0.333. The standard InChI is InChI=1S/C18H19F3N6O4S/c1-30-11-8-9(32(28,29)27-4-6-31-7-5-27)2-3-10(11)14-13(18(19,20)21)12-15(22)25-17(23)26-16(12)24-14/h2-3,8H,4-7H2,1H3,(H5,22,23,24,25,26). The van der Waals surface area contributed by atoms with Crippen molar-refractivity contribution in [1.82, 2.24) is 19.3 Å². The van der Waals surface area contributed by atoms with Crippen LogP contribution in [0.2, 0.25) is 0 Å². The van der Waals surface area contributed by atoms with Gasteiger partial charge in [-0.05, 0) is 12.1 Å². The van der Waals surface area contributed by atoms with E-state index >= 15 is 0 Å². The van der Waals surface area contributed by atoms with Crippen LogP contribution in [0.4, 0.5) is 24.9 Å². The summed E-state index contributed by atoms with van der Waals surface area (Å²) in [7, 11) is -2.66. The number of H-pyrrole nitrogens is 1. The van der Waals surface area contributed by atoms with Crippen molar-refractivity contribution in [2.45, 2.75) is 11.1 Å². The normalized spacial score (nSPS) is 15.9. The molecule has 0 radical (unpaired) electrons. The Balaban J connectivity index is 1.90. The summed E-state index contributed by atoms with van der Waals surface area (Å²) in [6.45, 7) is 0.853. The number of nitrogens with two attached hydrogens (primary N) is 2. The molecule has 32 heavy (non-hydrogen) atoms.